The Labute approximate surface area is 140 Å². The molecule has 1 N–H and O–H groups in total. The van der Waals surface area contributed by atoms with E-state index < -0.39 is 0 Å². The first kappa shape index (κ1) is 14.6. The molecule has 5 nitrogen and oxygen atoms in total. The van der Waals surface area contributed by atoms with Crippen molar-refractivity contribution in [1.82, 2.24) is 14.8 Å². The fourth-order valence-electron chi connectivity index (χ4n) is 3.09. The Morgan fingerprint density at radius 2 is 1.88 bits per heavy atom. The number of benzene rings is 2. The molecule has 1 aromatic heterocycles. The molecule has 2 aromatic carbocycles. The number of aryl methyl sites for hydroxylation is 1. The van der Waals surface area contributed by atoms with Crippen LogP contribution in [0, 0.1) is 5.92 Å². The first-order valence-corrected chi connectivity index (χ1v) is 8.03. The lowest BCUT2D eigenvalue weighted by Crippen LogP contribution is -2.15. The van der Waals surface area contributed by atoms with Crippen LogP contribution in [-0.4, -0.2) is 20.7 Å². The van der Waals surface area contributed by atoms with Gasteiger partial charge in [0.15, 0.2) is 5.82 Å². The van der Waals surface area contributed by atoms with Crippen LogP contribution in [0.5, 0.6) is 0 Å². The zero-order valence-corrected chi connectivity index (χ0v) is 13.4. The minimum atomic E-state index is 0.0416. The fourth-order valence-corrected chi connectivity index (χ4v) is 3.09. The summed E-state index contributed by atoms with van der Waals surface area (Å²) in [5.74, 6) is 1.17. The molecule has 0 radical (unpaired) electrons. The van der Waals surface area contributed by atoms with Crippen LogP contribution in [0.2, 0.25) is 0 Å². The molecule has 120 valence electrons. The lowest BCUT2D eigenvalue weighted by molar-refractivity contribution is -0.117. The van der Waals surface area contributed by atoms with Gasteiger partial charge in [-0.1, -0.05) is 42.5 Å². The van der Waals surface area contributed by atoms with Crippen LogP contribution in [0.1, 0.15) is 17.9 Å². The van der Waals surface area contributed by atoms with Gasteiger partial charge < -0.3 is 9.88 Å². The van der Waals surface area contributed by atoms with Crippen LogP contribution in [0.3, 0.4) is 0 Å². The molecule has 4 rings (SSSR count). The number of rotatable bonds is 4. The van der Waals surface area contributed by atoms with Gasteiger partial charge in [0, 0.05) is 18.5 Å². The number of hydrogen-bond donors (Lipinski definition) is 1. The summed E-state index contributed by atoms with van der Waals surface area (Å²) in [7, 11) is 1.89. The Morgan fingerprint density at radius 3 is 2.62 bits per heavy atom. The first-order valence-electron chi connectivity index (χ1n) is 8.03. The average Bonchev–Trinajstić information content (AvgIpc) is 3.31. The molecule has 5 heteroatoms. The molecule has 0 spiro atoms. The molecule has 2 atom stereocenters. The summed E-state index contributed by atoms with van der Waals surface area (Å²) in [6.07, 6.45) is 2.56. The number of amides is 1. The van der Waals surface area contributed by atoms with E-state index in [4.69, 9.17) is 0 Å². The summed E-state index contributed by atoms with van der Waals surface area (Å²) in [5.41, 5.74) is 2.89. The van der Waals surface area contributed by atoms with Crippen LogP contribution >= 0.6 is 0 Å². The number of aromatic nitrogens is 3. The van der Waals surface area contributed by atoms with Crippen molar-refractivity contribution < 1.29 is 4.79 Å². The lowest BCUT2D eigenvalue weighted by Gasteiger charge is -2.10. The summed E-state index contributed by atoms with van der Waals surface area (Å²) < 4.78 is 1.84. The van der Waals surface area contributed by atoms with Crippen molar-refractivity contribution in [3.05, 3.63) is 66.5 Å². The van der Waals surface area contributed by atoms with E-state index in [1.807, 2.05) is 54.1 Å². The molecule has 0 unspecified atom stereocenters. The Morgan fingerprint density at radius 1 is 1.12 bits per heavy atom. The van der Waals surface area contributed by atoms with E-state index in [1.54, 1.807) is 6.33 Å². The smallest absolute Gasteiger partial charge is 0.228 e. The van der Waals surface area contributed by atoms with Crippen molar-refractivity contribution in [2.24, 2.45) is 13.0 Å². The minimum Gasteiger partial charge on any atom is -0.325 e. The number of hydrogen-bond acceptors (Lipinski definition) is 3. The number of carbonyl (C=O) groups is 1. The summed E-state index contributed by atoms with van der Waals surface area (Å²) in [6, 6.07) is 17.9. The predicted molar refractivity (Wildman–Crippen MR) is 92.4 cm³/mol. The van der Waals surface area contributed by atoms with Crippen molar-refractivity contribution in [2.45, 2.75) is 12.3 Å². The third-order valence-electron chi connectivity index (χ3n) is 4.49. The number of nitrogens with one attached hydrogen (secondary N) is 1. The summed E-state index contributed by atoms with van der Waals surface area (Å²) in [6.45, 7) is 0. The maximum absolute atomic E-state index is 12.6. The molecule has 1 amide bonds. The van der Waals surface area contributed by atoms with Crippen LogP contribution in [0.25, 0.3) is 11.4 Å². The molecule has 0 bridgehead atoms. The topological polar surface area (TPSA) is 59.8 Å². The number of nitrogens with zero attached hydrogens (tertiary/aromatic N) is 3. The van der Waals surface area contributed by atoms with Crippen LogP contribution in [-0.2, 0) is 11.8 Å². The highest BCUT2D eigenvalue weighted by molar-refractivity contribution is 5.98. The van der Waals surface area contributed by atoms with E-state index in [2.05, 4.69) is 27.6 Å². The van der Waals surface area contributed by atoms with Crippen LogP contribution in [0.15, 0.2) is 60.9 Å². The Hall–Kier alpha value is -2.95. The highest BCUT2D eigenvalue weighted by atomic mass is 16.2. The van der Waals surface area contributed by atoms with Gasteiger partial charge in [-0.15, -0.1) is 10.2 Å². The molecule has 24 heavy (non-hydrogen) atoms. The molecule has 0 aliphatic heterocycles. The number of para-hydroxylation sites is 1. The van der Waals surface area contributed by atoms with Gasteiger partial charge >= 0.3 is 0 Å². The quantitative estimate of drug-likeness (QED) is 0.803. The monoisotopic (exact) mass is 318 g/mol. The van der Waals surface area contributed by atoms with E-state index >= 15 is 0 Å². The van der Waals surface area contributed by atoms with E-state index in [0.29, 0.717) is 5.92 Å². The second kappa shape index (κ2) is 5.92. The van der Waals surface area contributed by atoms with Crippen molar-refractivity contribution in [3.8, 4) is 11.4 Å². The normalized spacial score (nSPS) is 19.0. The van der Waals surface area contributed by atoms with E-state index in [0.717, 1.165) is 23.5 Å². The number of anilines is 1. The molecular formula is C19H18N4O. The van der Waals surface area contributed by atoms with Gasteiger partial charge in [-0.2, -0.15) is 0 Å². The molecule has 1 fully saturated rings. The van der Waals surface area contributed by atoms with E-state index in [9.17, 15) is 4.79 Å². The Kier molecular flexibility index (Phi) is 3.61. The van der Waals surface area contributed by atoms with E-state index in [1.165, 1.54) is 5.56 Å². The molecule has 1 heterocycles. The van der Waals surface area contributed by atoms with Crippen LogP contribution in [0.4, 0.5) is 5.69 Å². The predicted octanol–water partition coefficient (Wildman–Crippen LogP) is 3.22. The van der Waals surface area contributed by atoms with Gasteiger partial charge in [0.05, 0.1) is 5.69 Å². The summed E-state index contributed by atoms with van der Waals surface area (Å²) >= 11 is 0. The largest absolute Gasteiger partial charge is 0.325 e. The number of carbonyl (C=O) groups excluding carboxylic acids is 1. The minimum absolute atomic E-state index is 0.0416. The van der Waals surface area contributed by atoms with Gasteiger partial charge in [-0.05, 0) is 30.0 Å². The highest BCUT2D eigenvalue weighted by Crippen LogP contribution is 2.48. The van der Waals surface area contributed by atoms with Gasteiger partial charge in [-0.25, -0.2) is 0 Å². The van der Waals surface area contributed by atoms with Crippen molar-refractivity contribution in [2.75, 3.05) is 5.32 Å². The van der Waals surface area contributed by atoms with Crippen LogP contribution < -0.4 is 5.32 Å². The van der Waals surface area contributed by atoms with Gasteiger partial charge in [0.25, 0.3) is 0 Å². The first-order chi connectivity index (χ1) is 11.7. The molecule has 0 saturated heterocycles. The maximum atomic E-state index is 12.6. The third kappa shape index (κ3) is 2.69. The molecule has 1 aliphatic carbocycles. The zero-order valence-electron chi connectivity index (χ0n) is 13.4. The second-order valence-corrected chi connectivity index (χ2v) is 6.16. The Bertz CT molecular complexity index is 872. The van der Waals surface area contributed by atoms with Crippen molar-refractivity contribution in [1.29, 1.82) is 0 Å². The molecule has 3 aromatic rings. The third-order valence-corrected chi connectivity index (χ3v) is 4.49. The molecule has 1 saturated carbocycles. The highest BCUT2D eigenvalue weighted by Gasteiger charge is 2.43. The lowest BCUT2D eigenvalue weighted by atomic mass is 10.1. The van der Waals surface area contributed by atoms with Crippen molar-refractivity contribution in [3.63, 3.8) is 0 Å². The standard InChI is InChI=1S/C19H18N4O/c1-23-12-20-22-18(23)14-9-5-6-10-17(14)21-19(24)16-11-15(16)13-7-3-2-4-8-13/h2-10,12,15-16H,11H2,1H3,(H,21,24)/t15-,16+/m0/s1. The van der Waals surface area contributed by atoms with E-state index in [-0.39, 0.29) is 11.8 Å². The molecular weight excluding hydrogens is 300 g/mol. The fraction of sp³-hybridized carbons (Fsp3) is 0.211. The molecule has 1 aliphatic rings. The van der Waals surface area contributed by atoms with Gasteiger partial charge in [-0.3, -0.25) is 4.79 Å². The van der Waals surface area contributed by atoms with Gasteiger partial charge in [0.1, 0.15) is 6.33 Å². The summed E-state index contributed by atoms with van der Waals surface area (Å²) in [5, 5.41) is 11.1. The van der Waals surface area contributed by atoms with Gasteiger partial charge in [0.2, 0.25) is 5.91 Å². The zero-order chi connectivity index (χ0) is 16.5. The summed E-state index contributed by atoms with van der Waals surface area (Å²) in [4.78, 5) is 12.6. The van der Waals surface area contributed by atoms with Crippen molar-refractivity contribution >= 4 is 11.6 Å². The maximum Gasteiger partial charge on any atom is 0.228 e. The SMILES string of the molecule is Cn1cnnc1-c1ccccc1NC(=O)[C@@H]1C[C@H]1c1ccccc1. The second-order valence-electron chi connectivity index (χ2n) is 6.16. The Balaban J connectivity index is 1.53. The average molecular weight is 318 g/mol.